The zero-order valence-electron chi connectivity index (χ0n) is 10.8. The van der Waals surface area contributed by atoms with Crippen LogP contribution in [-0.4, -0.2) is 42.1 Å². The number of hydrogen-bond donors (Lipinski definition) is 0. The van der Waals surface area contributed by atoms with Crippen LogP contribution in [0.1, 0.15) is 19.4 Å². The van der Waals surface area contributed by atoms with E-state index in [9.17, 15) is 0 Å². The number of anilines is 1. The van der Waals surface area contributed by atoms with Crippen LogP contribution in [0, 0.1) is 6.92 Å². The first kappa shape index (κ1) is 12.8. The zero-order chi connectivity index (χ0) is 12.4. The van der Waals surface area contributed by atoms with Crippen LogP contribution in [0.15, 0.2) is 16.7 Å². The highest BCUT2D eigenvalue weighted by Gasteiger charge is 2.24. The van der Waals surface area contributed by atoms with Crippen molar-refractivity contribution in [3.63, 3.8) is 0 Å². The van der Waals surface area contributed by atoms with Gasteiger partial charge in [0.2, 0.25) is 0 Å². The first-order chi connectivity index (χ1) is 8.11. The Morgan fingerprint density at radius 2 is 2.24 bits per heavy atom. The molecule has 1 aliphatic heterocycles. The van der Waals surface area contributed by atoms with Crippen LogP contribution in [0.3, 0.4) is 0 Å². The van der Waals surface area contributed by atoms with Gasteiger partial charge in [0.15, 0.2) is 0 Å². The second kappa shape index (κ2) is 5.36. The average molecular weight is 298 g/mol. The lowest BCUT2D eigenvalue weighted by atomic mass is 10.2. The van der Waals surface area contributed by atoms with Gasteiger partial charge < -0.3 is 4.90 Å². The highest BCUT2D eigenvalue weighted by Crippen LogP contribution is 2.26. The summed E-state index contributed by atoms with van der Waals surface area (Å²) < 4.78 is 1.11. The van der Waals surface area contributed by atoms with Gasteiger partial charge >= 0.3 is 0 Å². The predicted molar refractivity (Wildman–Crippen MR) is 75.6 cm³/mol. The van der Waals surface area contributed by atoms with Gasteiger partial charge in [-0.3, -0.25) is 4.90 Å². The van der Waals surface area contributed by atoms with E-state index in [1.165, 1.54) is 5.56 Å². The molecule has 0 radical (unpaired) electrons. The van der Waals surface area contributed by atoms with E-state index < -0.39 is 0 Å². The molecule has 17 heavy (non-hydrogen) atoms. The van der Waals surface area contributed by atoms with E-state index in [2.05, 4.69) is 57.6 Å². The van der Waals surface area contributed by atoms with Gasteiger partial charge in [0.05, 0.1) is 4.47 Å². The first-order valence-electron chi connectivity index (χ1n) is 6.23. The topological polar surface area (TPSA) is 19.4 Å². The lowest BCUT2D eigenvalue weighted by Crippen LogP contribution is -2.52. The van der Waals surface area contributed by atoms with E-state index in [0.717, 1.165) is 36.5 Å². The van der Waals surface area contributed by atoms with E-state index in [-0.39, 0.29) is 0 Å². The summed E-state index contributed by atoms with van der Waals surface area (Å²) in [6.07, 6.45) is 1.94. The summed E-state index contributed by atoms with van der Waals surface area (Å²) in [6, 6.07) is 2.74. The van der Waals surface area contributed by atoms with Crippen molar-refractivity contribution in [1.82, 2.24) is 9.88 Å². The summed E-state index contributed by atoms with van der Waals surface area (Å²) in [5, 5.41) is 0. The van der Waals surface area contributed by atoms with Crippen LogP contribution in [0.2, 0.25) is 0 Å². The van der Waals surface area contributed by atoms with Crippen molar-refractivity contribution < 1.29 is 0 Å². The number of halogens is 1. The Bertz CT molecular complexity index is 394. The Hall–Kier alpha value is -0.610. The fourth-order valence-corrected chi connectivity index (χ4v) is 3.13. The molecule has 2 rings (SSSR count). The largest absolute Gasteiger partial charge is 0.353 e. The van der Waals surface area contributed by atoms with E-state index in [1.807, 2.05) is 6.20 Å². The van der Waals surface area contributed by atoms with Gasteiger partial charge in [-0.05, 0) is 48.0 Å². The summed E-state index contributed by atoms with van der Waals surface area (Å²) >= 11 is 3.62. The molecule has 1 aromatic heterocycles. The Kier molecular flexibility index (Phi) is 4.05. The van der Waals surface area contributed by atoms with E-state index in [1.54, 1.807) is 0 Å². The van der Waals surface area contributed by atoms with Crippen LogP contribution in [-0.2, 0) is 0 Å². The number of nitrogens with zero attached hydrogens (tertiary/aromatic N) is 3. The molecular formula is C13H20BrN3. The second-order valence-corrected chi connectivity index (χ2v) is 5.60. The highest BCUT2D eigenvalue weighted by molar-refractivity contribution is 9.10. The Morgan fingerprint density at radius 3 is 2.82 bits per heavy atom. The lowest BCUT2D eigenvalue weighted by Gasteiger charge is -2.40. The monoisotopic (exact) mass is 297 g/mol. The van der Waals surface area contributed by atoms with E-state index in [4.69, 9.17) is 0 Å². The standard InChI is InChI=1S/C13H20BrN3/c1-4-16-5-6-17(9-11(16)3)13-12(14)7-10(2)8-15-13/h7-8,11H,4-6,9H2,1-3H3. The SMILES string of the molecule is CCN1CCN(c2ncc(C)cc2Br)CC1C. The van der Waals surface area contributed by atoms with Crippen molar-refractivity contribution in [2.45, 2.75) is 26.8 Å². The molecule has 1 aliphatic rings. The maximum atomic E-state index is 4.55. The minimum absolute atomic E-state index is 0.601. The van der Waals surface area contributed by atoms with Crippen molar-refractivity contribution in [3.8, 4) is 0 Å². The summed E-state index contributed by atoms with van der Waals surface area (Å²) in [7, 11) is 0. The van der Waals surface area contributed by atoms with Crippen LogP contribution < -0.4 is 4.90 Å². The molecule has 0 saturated carbocycles. The molecule has 3 nitrogen and oxygen atoms in total. The van der Waals surface area contributed by atoms with E-state index in [0.29, 0.717) is 6.04 Å². The third kappa shape index (κ3) is 2.80. The maximum Gasteiger partial charge on any atom is 0.142 e. The van der Waals surface area contributed by atoms with Gasteiger partial charge in [0.25, 0.3) is 0 Å². The molecule has 94 valence electrons. The zero-order valence-corrected chi connectivity index (χ0v) is 12.4. The molecule has 1 aromatic rings. The quantitative estimate of drug-likeness (QED) is 0.837. The Morgan fingerprint density at radius 1 is 1.47 bits per heavy atom. The third-order valence-corrected chi connectivity index (χ3v) is 4.01. The first-order valence-corrected chi connectivity index (χ1v) is 7.02. The van der Waals surface area contributed by atoms with Crippen LogP contribution >= 0.6 is 15.9 Å². The van der Waals surface area contributed by atoms with Crippen molar-refractivity contribution >= 4 is 21.7 Å². The number of pyridine rings is 1. The number of likely N-dealkylation sites (N-methyl/N-ethyl adjacent to an activating group) is 1. The fraction of sp³-hybridized carbons (Fsp3) is 0.615. The minimum Gasteiger partial charge on any atom is -0.353 e. The molecule has 1 fully saturated rings. The molecule has 0 aliphatic carbocycles. The van der Waals surface area contributed by atoms with Crippen LogP contribution in [0.4, 0.5) is 5.82 Å². The fourth-order valence-electron chi connectivity index (χ4n) is 2.42. The van der Waals surface area contributed by atoms with Gasteiger partial charge in [-0.15, -0.1) is 0 Å². The van der Waals surface area contributed by atoms with Crippen molar-refractivity contribution in [2.24, 2.45) is 0 Å². The maximum absolute atomic E-state index is 4.55. The number of rotatable bonds is 2. The summed E-state index contributed by atoms with van der Waals surface area (Å²) in [4.78, 5) is 9.44. The second-order valence-electron chi connectivity index (χ2n) is 4.74. The summed E-state index contributed by atoms with van der Waals surface area (Å²) in [6.45, 7) is 11.0. The summed E-state index contributed by atoms with van der Waals surface area (Å²) in [5.41, 5.74) is 1.20. The lowest BCUT2D eigenvalue weighted by molar-refractivity contribution is 0.199. The van der Waals surface area contributed by atoms with Gasteiger partial charge in [0.1, 0.15) is 5.82 Å². The minimum atomic E-state index is 0.601. The van der Waals surface area contributed by atoms with Gasteiger partial charge in [-0.1, -0.05) is 6.92 Å². The molecule has 1 atom stereocenters. The molecule has 0 amide bonds. The van der Waals surface area contributed by atoms with Gasteiger partial charge in [-0.2, -0.15) is 0 Å². The van der Waals surface area contributed by atoms with E-state index >= 15 is 0 Å². The Labute approximate surface area is 112 Å². The number of aromatic nitrogens is 1. The molecular weight excluding hydrogens is 278 g/mol. The molecule has 0 N–H and O–H groups in total. The van der Waals surface area contributed by atoms with Crippen molar-refractivity contribution in [3.05, 3.63) is 22.3 Å². The van der Waals surface area contributed by atoms with Crippen LogP contribution in [0.25, 0.3) is 0 Å². The molecule has 0 aromatic carbocycles. The normalized spacial score (nSPS) is 21.9. The molecule has 1 unspecified atom stereocenters. The highest BCUT2D eigenvalue weighted by atomic mass is 79.9. The molecule has 4 heteroatoms. The van der Waals surface area contributed by atoms with Crippen molar-refractivity contribution in [2.75, 3.05) is 31.1 Å². The summed E-state index contributed by atoms with van der Waals surface area (Å²) in [5.74, 6) is 1.08. The van der Waals surface area contributed by atoms with Gasteiger partial charge in [-0.25, -0.2) is 4.98 Å². The average Bonchev–Trinajstić information content (AvgIpc) is 2.29. The van der Waals surface area contributed by atoms with Gasteiger partial charge in [0, 0.05) is 31.9 Å². The number of aryl methyl sites for hydroxylation is 1. The molecule has 2 heterocycles. The molecule has 0 bridgehead atoms. The number of hydrogen-bond acceptors (Lipinski definition) is 3. The molecule has 1 saturated heterocycles. The Balaban J connectivity index is 2.14. The number of piperazine rings is 1. The third-order valence-electron chi connectivity index (χ3n) is 3.43. The smallest absolute Gasteiger partial charge is 0.142 e. The van der Waals surface area contributed by atoms with Crippen molar-refractivity contribution in [1.29, 1.82) is 0 Å². The van der Waals surface area contributed by atoms with Crippen LogP contribution in [0.5, 0.6) is 0 Å². The predicted octanol–water partition coefficient (Wildman–Crippen LogP) is 2.68. The molecule has 0 spiro atoms.